The summed E-state index contributed by atoms with van der Waals surface area (Å²) >= 11 is 9.62. The third-order valence-electron chi connectivity index (χ3n) is 5.47. The van der Waals surface area contributed by atoms with Crippen molar-refractivity contribution in [1.82, 2.24) is 10.2 Å². The Morgan fingerprint density at radius 2 is 1.59 bits per heavy atom. The lowest BCUT2D eigenvalue weighted by molar-refractivity contribution is -0.140. The molecule has 2 amide bonds. The first-order chi connectivity index (χ1) is 16.3. The number of nitrogens with zero attached hydrogens (tertiary/aromatic N) is 1. The predicted octanol–water partition coefficient (Wildman–Crippen LogP) is 6.06. The Bertz CT molecular complexity index is 1090. The zero-order valence-electron chi connectivity index (χ0n) is 19.5. The summed E-state index contributed by atoms with van der Waals surface area (Å²) in [5, 5.41) is 3.63. The van der Waals surface area contributed by atoms with Gasteiger partial charge >= 0.3 is 0 Å². The van der Waals surface area contributed by atoms with Crippen molar-refractivity contribution >= 4 is 39.3 Å². The molecule has 3 aromatic carbocycles. The van der Waals surface area contributed by atoms with Gasteiger partial charge in [-0.1, -0.05) is 96.0 Å². The molecule has 0 spiro atoms. The van der Waals surface area contributed by atoms with Gasteiger partial charge in [0.05, 0.1) is 6.42 Å². The monoisotopic (exact) mass is 540 g/mol. The third-order valence-corrected chi connectivity index (χ3v) is 6.23. The smallest absolute Gasteiger partial charge is 0.243 e. The van der Waals surface area contributed by atoms with Crippen molar-refractivity contribution < 1.29 is 9.59 Å². The first kappa shape index (κ1) is 26.0. The summed E-state index contributed by atoms with van der Waals surface area (Å²) < 4.78 is 0.962. The Kier molecular flexibility index (Phi) is 9.73. The number of carbonyl (C=O) groups is 2. The summed E-state index contributed by atoms with van der Waals surface area (Å²) in [5.74, 6) is 0.0448. The average Bonchev–Trinajstić information content (AvgIpc) is 2.81. The summed E-state index contributed by atoms with van der Waals surface area (Å²) in [6.07, 6.45) is 0.600. The standard InChI is InChI=1S/C28H30BrClN2O2/c1-20(2)18-31-28(34)26(16-21-7-4-3-5-8-21)32(19-22-11-13-24(29)14-12-22)27(33)17-23-9-6-10-25(30)15-23/h3-15,20,26H,16-19H2,1-2H3,(H,31,34). The van der Waals surface area contributed by atoms with Gasteiger partial charge in [0.1, 0.15) is 6.04 Å². The number of halogens is 2. The topological polar surface area (TPSA) is 49.4 Å². The van der Waals surface area contributed by atoms with Crippen molar-refractivity contribution in [2.24, 2.45) is 5.92 Å². The molecule has 0 saturated heterocycles. The van der Waals surface area contributed by atoms with Gasteiger partial charge in [-0.15, -0.1) is 0 Å². The Morgan fingerprint density at radius 1 is 0.912 bits per heavy atom. The average molecular weight is 542 g/mol. The Hall–Kier alpha value is -2.63. The zero-order chi connectivity index (χ0) is 24.5. The molecule has 0 radical (unpaired) electrons. The van der Waals surface area contributed by atoms with Crippen molar-refractivity contribution in [1.29, 1.82) is 0 Å². The van der Waals surface area contributed by atoms with E-state index in [1.807, 2.05) is 66.7 Å². The van der Waals surface area contributed by atoms with Crippen molar-refractivity contribution in [3.05, 3.63) is 105 Å². The minimum atomic E-state index is -0.642. The fraction of sp³-hybridized carbons (Fsp3) is 0.286. The van der Waals surface area contributed by atoms with Crippen LogP contribution < -0.4 is 5.32 Å². The van der Waals surface area contributed by atoms with E-state index >= 15 is 0 Å². The van der Waals surface area contributed by atoms with Crippen LogP contribution in [0.15, 0.2) is 83.3 Å². The highest BCUT2D eigenvalue weighted by atomic mass is 79.9. The van der Waals surface area contributed by atoms with Gasteiger partial charge in [0, 0.05) is 29.0 Å². The van der Waals surface area contributed by atoms with Crippen LogP contribution in [0, 0.1) is 5.92 Å². The van der Waals surface area contributed by atoms with E-state index in [0.29, 0.717) is 30.5 Å². The van der Waals surface area contributed by atoms with Crippen LogP contribution in [0.1, 0.15) is 30.5 Å². The second-order valence-corrected chi connectivity index (χ2v) is 10.2. The van der Waals surface area contributed by atoms with Crippen molar-refractivity contribution in [3.8, 4) is 0 Å². The van der Waals surface area contributed by atoms with Crippen LogP contribution in [-0.4, -0.2) is 29.3 Å². The van der Waals surface area contributed by atoms with Crippen molar-refractivity contribution in [2.45, 2.75) is 39.3 Å². The number of carbonyl (C=O) groups excluding carboxylic acids is 2. The number of nitrogens with one attached hydrogen (secondary N) is 1. The lowest BCUT2D eigenvalue weighted by Crippen LogP contribution is -2.51. The van der Waals surface area contributed by atoms with Crippen LogP contribution in [0.25, 0.3) is 0 Å². The van der Waals surface area contributed by atoms with E-state index in [0.717, 1.165) is 21.2 Å². The molecule has 3 rings (SSSR count). The SMILES string of the molecule is CC(C)CNC(=O)C(Cc1ccccc1)N(Cc1ccc(Br)cc1)C(=O)Cc1cccc(Cl)c1. The molecule has 3 aromatic rings. The highest BCUT2D eigenvalue weighted by Crippen LogP contribution is 2.19. The maximum atomic E-state index is 13.7. The van der Waals surface area contributed by atoms with Crippen LogP contribution in [0.2, 0.25) is 5.02 Å². The number of rotatable bonds is 10. The van der Waals surface area contributed by atoms with E-state index in [9.17, 15) is 9.59 Å². The van der Waals surface area contributed by atoms with Crippen LogP contribution >= 0.6 is 27.5 Å². The summed E-state index contributed by atoms with van der Waals surface area (Å²) in [7, 11) is 0. The van der Waals surface area contributed by atoms with Gasteiger partial charge in [-0.25, -0.2) is 0 Å². The third kappa shape index (κ3) is 8.00. The fourth-order valence-electron chi connectivity index (χ4n) is 3.69. The minimum Gasteiger partial charge on any atom is -0.354 e. The summed E-state index contributed by atoms with van der Waals surface area (Å²) in [5.41, 5.74) is 2.78. The molecule has 178 valence electrons. The molecule has 0 aliphatic carbocycles. The molecule has 4 nitrogen and oxygen atoms in total. The number of hydrogen-bond acceptors (Lipinski definition) is 2. The molecule has 1 N–H and O–H groups in total. The molecular weight excluding hydrogens is 512 g/mol. The van der Waals surface area contributed by atoms with Gasteiger partial charge < -0.3 is 10.2 Å². The Balaban J connectivity index is 1.94. The van der Waals surface area contributed by atoms with Gasteiger partial charge in [0.15, 0.2) is 0 Å². The van der Waals surface area contributed by atoms with Gasteiger partial charge in [0.2, 0.25) is 11.8 Å². The van der Waals surface area contributed by atoms with E-state index in [4.69, 9.17) is 11.6 Å². The fourth-order valence-corrected chi connectivity index (χ4v) is 4.16. The van der Waals surface area contributed by atoms with E-state index in [-0.39, 0.29) is 18.2 Å². The lowest BCUT2D eigenvalue weighted by atomic mass is 10.0. The second-order valence-electron chi connectivity index (χ2n) is 8.80. The van der Waals surface area contributed by atoms with E-state index in [1.54, 1.807) is 17.0 Å². The Morgan fingerprint density at radius 3 is 2.24 bits per heavy atom. The van der Waals surface area contributed by atoms with Crippen LogP contribution in [-0.2, 0) is 29.0 Å². The largest absolute Gasteiger partial charge is 0.354 e. The Labute approximate surface area is 215 Å². The van der Waals surface area contributed by atoms with Crippen LogP contribution in [0.3, 0.4) is 0 Å². The minimum absolute atomic E-state index is 0.120. The maximum Gasteiger partial charge on any atom is 0.243 e. The molecule has 0 heterocycles. The summed E-state index contributed by atoms with van der Waals surface area (Å²) in [6.45, 7) is 4.99. The molecule has 0 saturated carbocycles. The molecule has 0 bridgehead atoms. The lowest BCUT2D eigenvalue weighted by Gasteiger charge is -2.32. The zero-order valence-corrected chi connectivity index (χ0v) is 21.9. The van der Waals surface area contributed by atoms with Crippen LogP contribution in [0.4, 0.5) is 0 Å². The van der Waals surface area contributed by atoms with E-state index < -0.39 is 6.04 Å². The van der Waals surface area contributed by atoms with Gasteiger partial charge in [-0.05, 0) is 46.9 Å². The summed E-state index contributed by atoms with van der Waals surface area (Å²) in [6, 6.07) is 24.3. The molecule has 0 aliphatic heterocycles. The van der Waals surface area contributed by atoms with E-state index in [2.05, 4.69) is 35.1 Å². The van der Waals surface area contributed by atoms with Crippen LogP contribution in [0.5, 0.6) is 0 Å². The molecule has 0 aromatic heterocycles. The molecule has 1 unspecified atom stereocenters. The highest BCUT2D eigenvalue weighted by Gasteiger charge is 2.30. The molecule has 0 fully saturated rings. The first-order valence-corrected chi connectivity index (χ1v) is 12.6. The number of benzene rings is 3. The molecule has 6 heteroatoms. The second kappa shape index (κ2) is 12.7. The number of hydrogen-bond donors (Lipinski definition) is 1. The quantitative estimate of drug-likeness (QED) is 0.339. The van der Waals surface area contributed by atoms with Crippen molar-refractivity contribution in [2.75, 3.05) is 6.54 Å². The molecule has 0 aliphatic rings. The first-order valence-electron chi connectivity index (χ1n) is 11.4. The van der Waals surface area contributed by atoms with Gasteiger partial charge in [0.25, 0.3) is 0 Å². The highest BCUT2D eigenvalue weighted by molar-refractivity contribution is 9.10. The molecule has 34 heavy (non-hydrogen) atoms. The maximum absolute atomic E-state index is 13.7. The number of amides is 2. The van der Waals surface area contributed by atoms with Crippen molar-refractivity contribution in [3.63, 3.8) is 0 Å². The predicted molar refractivity (Wildman–Crippen MR) is 142 cm³/mol. The normalized spacial score (nSPS) is 11.8. The molecule has 1 atom stereocenters. The van der Waals surface area contributed by atoms with Gasteiger partial charge in [-0.2, -0.15) is 0 Å². The summed E-state index contributed by atoms with van der Waals surface area (Å²) in [4.78, 5) is 28.8. The molecular formula is C28H30BrClN2O2. The van der Waals surface area contributed by atoms with E-state index in [1.165, 1.54) is 0 Å². The van der Waals surface area contributed by atoms with Gasteiger partial charge in [-0.3, -0.25) is 9.59 Å².